The maximum atomic E-state index is 10.0. The Labute approximate surface area is 99.6 Å². The van der Waals surface area contributed by atoms with Gasteiger partial charge in [0.2, 0.25) is 0 Å². The smallest absolute Gasteiger partial charge is 0.0838 e. The van der Waals surface area contributed by atoms with E-state index in [2.05, 4.69) is 24.0 Å². The van der Waals surface area contributed by atoms with Gasteiger partial charge in [-0.15, -0.1) is 11.3 Å². The van der Waals surface area contributed by atoms with Crippen LogP contribution in [0.1, 0.15) is 29.0 Å². The molecule has 1 unspecified atom stereocenters. The van der Waals surface area contributed by atoms with Crippen LogP contribution in [0.4, 0.5) is 0 Å². The highest BCUT2D eigenvalue weighted by Crippen LogP contribution is 2.20. The van der Waals surface area contributed by atoms with Gasteiger partial charge in [-0.2, -0.15) is 0 Å². The van der Waals surface area contributed by atoms with E-state index < -0.39 is 6.10 Å². The van der Waals surface area contributed by atoms with E-state index in [1.165, 1.54) is 5.56 Å². The highest BCUT2D eigenvalue weighted by Gasteiger charge is 2.09. The summed E-state index contributed by atoms with van der Waals surface area (Å²) in [5, 5.41) is 10.0. The Balaban J connectivity index is 2.05. The standard InChI is InChI=1S/C13H15NOS/c1-2-10-3-5-11(6-4-10)13(15)7-12-8-14-9-16-12/h3-6,8-9,13,15H,2,7H2,1H3. The van der Waals surface area contributed by atoms with Crippen molar-refractivity contribution in [2.45, 2.75) is 25.9 Å². The third-order valence-corrected chi connectivity index (χ3v) is 3.45. The molecule has 0 aliphatic heterocycles. The SMILES string of the molecule is CCc1ccc(C(O)Cc2cncs2)cc1. The summed E-state index contributed by atoms with van der Waals surface area (Å²) in [6.45, 7) is 2.13. The molecule has 0 spiro atoms. The molecule has 1 N–H and O–H groups in total. The molecular weight excluding hydrogens is 218 g/mol. The predicted octanol–water partition coefficient (Wildman–Crippen LogP) is 2.98. The average molecular weight is 233 g/mol. The van der Waals surface area contributed by atoms with Crippen molar-refractivity contribution in [1.29, 1.82) is 0 Å². The van der Waals surface area contributed by atoms with E-state index in [4.69, 9.17) is 0 Å². The average Bonchev–Trinajstić information content (AvgIpc) is 2.82. The molecule has 0 aliphatic rings. The van der Waals surface area contributed by atoms with Gasteiger partial charge in [-0.25, -0.2) is 0 Å². The zero-order valence-corrected chi connectivity index (χ0v) is 10.1. The molecule has 0 amide bonds. The second-order valence-corrected chi connectivity index (χ2v) is 4.75. The molecule has 0 aliphatic carbocycles. The highest BCUT2D eigenvalue weighted by atomic mass is 32.1. The molecule has 3 heteroatoms. The summed E-state index contributed by atoms with van der Waals surface area (Å²) in [4.78, 5) is 5.12. The van der Waals surface area contributed by atoms with Crippen LogP contribution < -0.4 is 0 Å². The maximum absolute atomic E-state index is 10.0. The lowest BCUT2D eigenvalue weighted by Crippen LogP contribution is -2.00. The van der Waals surface area contributed by atoms with E-state index in [1.54, 1.807) is 16.8 Å². The molecule has 1 atom stereocenters. The summed E-state index contributed by atoms with van der Waals surface area (Å²) in [5.74, 6) is 0. The summed E-state index contributed by atoms with van der Waals surface area (Å²) in [6, 6.07) is 8.16. The summed E-state index contributed by atoms with van der Waals surface area (Å²) in [7, 11) is 0. The number of rotatable bonds is 4. The molecule has 2 nitrogen and oxygen atoms in total. The Bertz CT molecular complexity index is 422. The van der Waals surface area contributed by atoms with Crippen LogP contribution in [0, 0.1) is 0 Å². The van der Waals surface area contributed by atoms with Crippen LogP contribution in [0.25, 0.3) is 0 Å². The molecule has 16 heavy (non-hydrogen) atoms. The highest BCUT2D eigenvalue weighted by molar-refractivity contribution is 7.09. The molecule has 1 aromatic carbocycles. The molecule has 0 saturated heterocycles. The van der Waals surface area contributed by atoms with E-state index in [0.717, 1.165) is 16.9 Å². The molecule has 0 saturated carbocycles. The Morgan fingerprint density at radius 1 is 1.31 bits per heavy atom. The van der Waals surface area contributed by atoms with Crippen molar-refractivity contribution in [2.75, 3.05) is 0 Å². The summed E-state index contributed by atoms with van der Waals surface area (Å²) in [5.41, 5.74) is 4.07. The zero-order valence-electron chi connectivity index (χ0n) is 9.26. The van der Waals surface area contributed by atoms with Crippen molar-refractivity contribution in [1.82, 2.24) is 4.98 Å². The van der Waals surface area contributed by atoms with Gasteiger partial charge in [0, 0.05) is 17.5 Å². The van der Waals surface area contributed by atoms with Gasteiger partial charge in [-0.1, -0.05) is 31.2 Å². The first-order valence-electron chi connectivity index (χ1n) is 5.44. The predicted molar refractivity (Wildman–Crippen MR) is 66.6 cm³/mol. The lowest BCUT2D eigenvalue weighted by Gasteiger charge is -2.09. The van der Waals surface area contributed by atoms with Crippen LogP contribution in [0.15, 0.2) is 36.0 Å². The van der Waals surface area contributed by atoms with Crippen molar-refractivity contribution in [3.8, 4) is 0 Å². The van der Waals surface area contributed by atoms with Crippen LogP contribution >= 0.6 is 11.3 Å². The van der Waals surface area contributed by atoms with E-state index in [1.807, 2.05) is 18.3 Å². The monoisotopic (exact) mass is 233 g/mol. The van der Waals surface area contributed by atoms with Crippen molar-refractivity contribution in [3.63, 3.8) is 0 Å². The minimum absolute atomic E-state index is 0.425. The van der Waals surface area contributed by atoms with Gasteiger partial charge in [0.15, 0.2) is 0 Å². The minimum atomic E-state index is -0.425. The first kappa shape index (κ1) is 11.3. The number of aryl methyl sites for hydroxylation is 1. The first-order chi connectivity index (χ1) is 7.79. The lowest BCUT2D eigenvalue weighted by molar-refractivity contribution is 0.179. The van der Waals surface area contributed by atoms with Crippen LogP contribution in [0.3, 0.4) is 0 Å². The minimum Gasteiger partial charge on any atom is -0.388 e. The Morgan fingerprint density at radius 3 is 2.62 bits per heavy atom. The number of hydrogen-bond acceptors (Lipinski definition) is 3. The van der Waals surface area contributed by atoms with Gasteiger partial charge in [-0.3, -0.25) is 4.98 Å². The largest absolute Gasteiger partial charge is 0.388 e. The van der Waals surface area contributed by atoms with Crippen molar-refractivity contribution < 1.29 is 5.11 Å². The fourth-order valence-electron chi connectivity index (χ4n) is 1.63. The number of hydrogen-bond donors (Lipinski definition) is 1. The third-order valence-electron chi connectivity index (χ3n) is 2.65. The second kappa shape index (κ2) is 5.23. The topological polar surface area (TPSA) is 33.1 Å². The van der Waals surface area contributed by atoms with E-state index in [9.17, 15) is 5.11 Å². The number of aromatic nitrogens is 1. The van der Waals surface area contributed by atoms with Crippen molar-refractivity contribution in [3.05, 3.63) is 52.0 Å². The van der Waals surface area contributed by atoms with Crippen LogP contribution in [0.2, 0.25) is 0 Å². The van der Waals surface area contributed by atoms with Gasteiger partial charge < -0.3 is 5.11 Å². The fourth-order valence-corrected chi connectivity index (χ4v) is 2.26. The number of aliphatic hydroxyl groups is 1. The molecule has 0 radical (unpaired) electrons. The number of benzene rings is 1. The second-order valence-electron chi connectivity index (χ2n) is 3.78. The van der Waals surface area contributed by atoms with Gasteiger partial charge in [0.25, 0.3) is 0 Å². The van der Waals surface area contributed by atoms with Crippen LogP contribution in [-0.4, -0.2) is 10.1 Å². The third kappa shape index (κ3) is 2.68. The Hall–Kier alpha value is -1.19. The zero-order chi connectivity index (χ0) is 11.4. The van der Waals surface area contributed by atoms with Gasteiger partial charge >= 0.3 is 0 Å². The quantitative estimate of drug-likeness (QED) is 0.880. The molecule has 2 aromatic rings. The lowest BCUT2D eigenvalue weighted by atomic mass is 10.0. The maximum Gasteiger partial charge on any atom is 0.0838 e. The molecule has 1 aromatic heterocycles. The molecule has 84 valence electrons. The summed E-state index contributed by atoms with van der Waals surface area (Å²) < 4.78 is 0. The van der Waals surface area contributed by atoms with Crippen LogP contribution in [0.5, 0.6) is 0 Å². The molecule has 0 fully saturated rings. The summed E-state index contributed by atoms with van der Waals surface area (Å²) in [6.07, 6.45) is 3.07. The molecular formula is C13H15NOS. The number of thiazole rings is 1. The fraction of sp³-hybridized carbons (Fsp3) is 0.308. The first-order valence-corrected chi connectivity index (χ1v) is 6.32. The van der Waals surface area contributed by atoms with Crippen molar-refractivity contribution in [2.24, 2.45) is 0 Å². The van der Waals surface area contributed by atoms with Crippen LogP contribution in [-0.2, 0) is 12.8 Å². The Morgan fingerprint density at radius 2 is 2.06 bits per heavy atom. The molecule has 1 heterocycles. The number of aliphatic hydroxyl groups excluding tert-OH is 1. The Kier molecular flexibility index (Phi) is 3.70. The molecule has 0 bridgehead atoms. The molecule has 2 rings (SSSR count). The van der Waals surface area contributed by atoms with E-state index in [-0.39, 0.29) is 0 Å². The van der Waals surface area contributed by atoms with Gasteiger partial charge in [0.05, 0.1) is 11.6 Å². The van der Waals surface area contributed by atoms with Crippen molar-refractivity contribution >= 4 is 11.3 Å². The van der Waals surface area contributed by atoms with E-state index >= 15 is 0 Å². The van der Waals surface area contributed by atoms with E-state index in [0.29, 0.717) is 6.42 Å². The normalized spacial score (nSPS) is 12.6. The summed E-state index contributed by atoms with van der Waals surface area (Å²) >= 11 is 1.58. The number of nitrogens with zero attached hydrogens (tertiary/aromatic N) is 1. The van der Waals surface area contributed by atoms with Gasteiger partial charge in [-0.05, 0) is 17.5 Å². The van der Waals surface area contributed by atoms with Gasteiger partial charge in [0.1, 0.15) is 0 Å².